The molecule has 0 bridgehead atoms. The third-order valence-electron chi connectivity index (χ3n) is 3.17. The molecule has 0 aliphatic carbocycles. The number of carbonyl (C=O) groups excluding carboxylic acids is 1. The van der Waals surface area contributed by atoms with Gasteiger partial charge in [0.1, 0.15) is 5.82 Å². The Morgan fingerprint density at radius 3 is 2.71 bits per heavy atom. The zero-order valence-corrected chi connectivity index (χ0v) is 12.7. The van der Waals surface area contributed by atoms with Crippen LogP contribution >= 0.6 is 11.8 Å². The SMILES string of the molecule is CC1(C)CN(C(=O)Nc2ccc(C(=O)O)cc2F)CCS1. The first-order valence-electron chi connectivity index (χ1n) is 6.51. The van der Waals surface area contributed by atoms with Crippen molar-refractivity contribution in [3.05, 3.63) is 29.6 Å². The summed E-state index contributed by atoms with van der Waals surface area (Å²) in [4.78, 5) is 24.5. The largest absolute Gasteiger partial charge is 0.478 e. The smallest absolute Gasteiger partial charge is 0.335 e. The summed E-state index contributed by atoms with van der Waals surface area (Å²) >= 11 is 1.80. The van der Waals surface area contributed by atoms with E-state index in [1.54, 1.807) is 16.7 Å². The van der Waals surface area contributed by atoms with Gasteiger partial charge in [-0.15, -0.1) is 0 Å². The van der Waals surface area contributed by atoms with Crippen LogP contribution in [0.15, 0.2) is 18.2 Å². The molecular formula is C14H17FN2O3S. The molecule has 2 amide bonds. The molecule has 2 rings (SSSR count). The lowest BCUT2D eigenvalue weighted by Crippen LogP contribution is -2.47. The molecule has 1 aliphatic heterocycles. The van der Waals surface area contributed by atoms with Crippen molar-refractivity contribution >= 4 is 29.4 Å². The summed E-state index contributed by atoms with van der Waals surface area (Å²) in [6.07, 6.45) is 0. The lowest BCUT2D eigenvalue weighted by molar-refractivity contribution is 0.0696. The molecule has 2 N–H and O–H groups in total. The highest BCUT2D eigenvalue weighted by molar-refractivity contribution is 8.00. The van der Waals surface area contributed by atoms with E-state index in [0.717, 1.165) is 11.8 Å². The van der Waals surface area contributed by atoms with Crippen molar-refractivity contribution in [2.24, 2.45) is 0 Å². The van der Waals surface area contributed by atoms with Crippen LogP contribution in [0.2, 0.25) is 0 Å². The molecule has 0 atom stereocenters. The monoisotopic (exact) mass is 312 g/mol. The number of halogens is 1. The summed E-state index contributed by atoms with van der Waals surface area (Å²) in [5, 5.41) is 11.3. The molecule has 1 fully saturated rings. The number of hydrogen-bond acceptors (Lipinski definition) is 3. The lowest BCUT2D eigenvalue weighted by Gasteiger charge is -2.37. The summed E-state index contributed by atoms with van der Waals surface area (Å²) in [5.74, 6) is -1.13. The van der Waals surface area contributed by atoms with E-state index in [1.807, 2.05) is 0 Å². The lowest BCUT2D eigenvalue weighted by atomic mass is 10.2. The van der Waals surface area contributed by atoms with Crippen molar-refractivity contribution in [3.8, 4) is 0 Å². The summed E-state index contributed by atoms with van der Waals surface area (Å²) in [5.41, 5.74) is -0.165. The van der Waals surface area contributed by atoms with E-state index in [9.17, 15) is 14.0 Å². The van der Waals surface area contributed by atoms with E-state index in [4.69, 9.17) is 5.11 Å². The number of thioether (sulfide) groups is 1. The van der Waals surface area contributed by atoms with Gasteiger partial charge in [-0.2, -0.15) is 11.8 Å². The van der Waals surface area contributed by atoms with Crippen LogP contribution in [-0.4, -0.2) is 45.6 Å². The number of aromatic carboxylic acids is 1. The number of rotatable bonds is 2. The van der Waals surface area contributed by atoms with Crippen molar-refractivity contribution < 1.29 is 19.1 Å². The van der Waals surface area contributed by atoms with Gasteiger partial charge in [-0.1, -0.05) is 0 Å². The fourth-order valence-corrected chi connectivity index (χ4v) is 3.24. The maximum atomic E-state index is 13.8. The molecule has 0 saturated carbocycles. The normalized spacial score (nSPS) is 17.4. The molecule has 0 spiro atoms. The minimum absolute atomic E-state index is 0.0129. The number of urea groups is 1. The van der Waals surface area contributed by atoms with Gasteiger partial charge < -0.3 is 15.3 Å². The number of carbonyl (C=O) groups is 2. The molecule has 114 valence electrons. The number of carboxylic acid groups (broad SMARTS) is 1. The van der Waals surface area contributed by atoms with Gasteiger partial charge >= 0.3 is 12.0 Å². The van der Waals surface area contributed by atoms with Gasteiger partial charge in [0.05, 0.1) is 11.3 Å². The van der Waals surface area contributed by atoms with Gasteiger partial charge in [-0.25, -0.2) is 14.0 Å². The van der Waals surface area contributed by atoms with Crippen LogP contribution in [0.3, 0.4) is 0 Å². The van der Waals surface area contributed by atoms with E-state index in [2.05, 4.69) is 19.2 Å². The Morgan fingerprint density at radius 1 is 1.43 bits per heavy atom. The van der Waals surface area contributed by atoms with Crippen LogP contribution in [0.5, 0.6) is 0 Å². The molecular weight excluding hydrogens is 295 g/mol. The molecule has 1 aliphatic rings. The summed E-state index contributed by atoms with van der Waals surface area (Å²) in [7, 11) is 0. The highest BCUT2D eigenvalue weighted by atomic mass is 32.2. The number of hydrogen-bond donors (Lipinski definition) is 2. The second-order valence-electron chi connectivity index (χ2n) is 5.46. The van der Waals surface area contributed by atoms with Crippen LogP contribution in [0.4, 0.5) is 14.9 Å². The molecule has 1 aromatic carbocycles. The highest BCUT2D eigenvalue weighted by Gasteiger charge is 2.30. The predicted octanol–water partition coefficient (Wildman–Crippen LogP) is 2.88. The Kier molecular flexibility index (Phi) is 4.41. The van der Waals surface area contributed by atoms with Crippen LogP contribution in [-0.2, 0) is 0 Å². The number of nitrogens with one attached hydrogen (secondary N) is 1. The maximum Gasteiger partial charge on any atom is 0.335 e. The van der Waals surface area contributed by atoms with E-state index in [1.165, 1.54) is 12.1 Å². The van der Waals surface area contributed by atoms with Gasteiger partial charge in [0.15, 0.2) is 0 Å². The van der Waals surface area contributed by atoms with Crippen molar-refractivity contribution in [1.29, 1.82) is 0 Å². The summed E-state index contributed by atoms with van der Waals surface area (Å²) < 4.78 is 13.8. The maximum absolute atomic E-state index is 13.8. The zero-order valence-electron chi connectivity index (χ0n) is 11.9. The first-order chi connectivity index (χ1) is 9.78. The van der Waals surface area contributed by atoms with E-state index < -0.39 is 11.8 Å². The van der Waals surface area contributed by atoms with E-state index >= 15 is 0 Å². The Labute approximate surface area is 126 Å². The zero-order chi connectivity index (χ0) is 15.6. The van der Waals surface area contributed by atoms with Crippen molar-refractivity contribution in [3.63, 3.8) is 0 Å². The third-order valence-corrected chi connectivity index (χ3v) is 4.47. The highest BCUT2D eigenvalue weighted by Crippen LogP contribution is 2.29. The Morgan fingerprint density at radius 2 is 2.14 bits per heavy atom. The molecule has 1 aromatic rings. The second-order valence-corrected chi connectivity index (χ2v) is 7.26. The second kappa shape index (κ2) is 5.93. The Bertz CT molecular complexity index is 577. The fraction of sp³-hybridized carbons (Fsp3) is 0.429. The van der Waals surface area contributed by atoms with Crippen molar-refractivity contribution in [2.45, 2.75) is 18.6 Å². The average Bonchev–Trinajstić information content (AvgIpc) is 2.39. The van der Waals surface area contributed by atoms with Crippen molar-refractivity contribution in [1.82, 2.24) is 4.90 Å². The van der Waals surface area contributed by atoms with Crippen LogP contribution < -0.4 is 5.32 Å². The quantitative estimate of drug-likeness (QED) is 0.881. The molecule has 1 heterocycles. The number of anilines is 1. The third kappa shape index (κ3) is 3.87. The predicted molar refractivity (Wildman–Crippen MR) is 80.5 cm³/mol. The van der Waals surface area contributed by atoms with Crippen molar-refractivity contribution in [2.75, 3.05) is 24.2 Å². The summed E-state index contributed by atoms with van der Waals surface area (Å²) in [6.45, 7) is 5.30. The van der Waals surface area contributed by atoms with Crippen LogP contribution in [0.25, 0.3) is 0 Å². The molecule has 0 aromatic heterocycles. The number of amides is 2. The summed E-state index contributed by atoms with van der Waals surface area (Å²) in [6, 6.07) is 3.05. The van der Waals surface area contributed by atoms with Gasteiger partial charge in [-0.05, 0) is 32.0 Å². The van der Waals surface area contributed by atoms with Gasteiger partial charge in [-0.3, -0.25) is 0 Å². The van der Waals surface area contributed by atoms with Gasteiger partial charge in [0.25, 0.3) is 0 Å². The minimum atomic E-state index is -1.21. The molecule has 0 unspecified atom stereocenters. The average molecular weight is 312 g/mol. The van der Waals surface area contributed by atoms with Gasteiger partial charge in [0.2, 0.25) is 0 Å². The first kappa shape index (κ1) is 15.6. The topological polar surface area (TPSA) is 69.6 Å². The first-order valence-corrected chi connectivity index (χ1v) is 7.50. The fourth-order valence-electron chi connectivity index (χ4n) is 2.13. The molecule has 1 saturated heterocycles. The van der Waals surface area contributed by atoms with E-state index in [0.29, 0.717) is 13.1 Å². The molecule has 21 heavy (non-hydrogen) atoms. The van der Waals surface area contributed by atoms with E-state index in [-0.39, 0.29) is 22.0 Å². The van der Waals surface area contributed by atoms with Crippen LogP contribution in [0.1, 0.15) is 24.2 Å². The molecule has 7 heteroatoms. The Hall–Kier alpha value is -1.76. The van der Waals surface area contributed by atoms with Crippen LogP contribution in [0, 0.1) is 5.82 Å². The number of benzene rings is 1. The Balaban J connectivity index is 2.07. The standard InChI is InChI=1S/C14H17FN2O3S/c1-14(2)8-17(5-6-21-14)13(20)16-11-4-3-9(12(18)19)7-10(11)15/h3-4,7H,5-6,8H2,1-2H3,(H,16,20)(H,18,19). The number of carboxylic acids is 1. The molecule has 5 nitrogen and oxygen atoms in total. The number of nitrogens with zero attached hydrogens (tertiary/aromatic N) is 1. The van der Waals surface area contributed by atoms with Gasteiger partial charge in [0, 0.05) is 23.6 Å². The minimum Gasteiger partial charge on any atom is -0.478 e. The molecule has 0 radical (unpaired) electrons.